The maximum atomic E-state index is 12.9. The van der Waals surface area contributed by atoms with E-state index in [0.29, 0.717) is 11.5 Å². The van der Waals surface area contributed by atoms with E-state index < -0.39 is 0 Å². The molecule has 0 radical (unpaired) electrons. The van der Waals surface area contributed by atoms with Gasteiger partial charge in [0.05, 0.1) is 12.4 Å². The van der Waals surface area contributed by atoms with Crippen molar-refractivity contribution in [2.75, 3.05) is 5.32 Å². The van der Waals surface area contributed by atoms with Gasteiger partial charge in [0, 0.05) is 5.69 Å². The van der Waals surface area contributed by atoms with Crippen LogP contribution in [0.25, 0.3) is 0 Å². The fourth-order valence-corrected chi connectivity index (χ4v) is 1.16. The molecule has 0 unspecified atom stereocenters. The van der Waals surface area contributed by atoms with E-state index in [4.69, 9.17) is 5.26 Å². The first-order chi connectivity index (χ1) is 7.78. The Morgan fingerprint density at radius 2 is 2.12 bits per heavy atom. The standard InChI is InChI=1S/C11H7FN4/c12-8-2-1-3-9(4-8)16-11-7-14-10(5-13)6-15-11/h1-4,6-7H,(H,15,16). The van der Waals surface area contributed by atoms with Crippen LogP contribution in [0.2, 0.25) is 0 Å². The molecule has 0 fully saturated rings. The van der Waals surface area contributed by atoms with Crippen molar-refractivity contribution in [1.82, 2.24) is 9.97 Å². The number of benzene rings is 1. The lowest BCUT2D eigenvalue weighted by molar-refractivity contribution is 0.628. The highest BCUT2D eigenvalue weighted by Gasteiger charge is 1.98. The molecule has 1 N–H and O–H groups in total. The molecule has 0 atom stereocenters. The largest absolute Gasteiger partial charge is 0.339 e. The Kier molecular flexibility index (Phi) is 2.74. The first-order valence-electron chi connectivity index (χ1n) is 4.52. The summed E-state index contributed by atoms with van der Waals surface area (Å²) in [7, 11) is 0. The van der Waals surface area contributed by atoms with E-state index in [1.54, 1.807) is 12.1 Å². The molecule has 1 aromatic heterocycles. The normalized spacial score (nSPS) is 9.50. The molecule has 0 saturated heterocycles. The lowest BCUT2D eigenvalue weighted by Gasteiger charge is -2.04. The number of hydrogen-bond donors (Lipinski definition) is 1. The Morgan fingerprint density at radius 3 is 2.75 bits per heavy atom. The molecule has 78 valence electrons. The summed E-state index contributed by atoms with van der Waals surface area (Å²) in [5, 5.41) is 11.4. The summed E-state index contributed by atoms with van der Waals surface area (Å²) >= 11 is 0. The SMILES string of the molecule is N#Cc1cnc(Nc2cccc(F)c2)cn1. The predicted molar refractivity (Wildman–Crippen MR) is 56.4 cm³/mol. The zero-order valence-electron chi connectivity index (χ0n) is 8.18. The second-order valence-corrected chi connectivity index (χ2v) is 3.03. The van der Waals surface area contributed by atoms with Gasteiger partial charge in [0.1, 0.15) is 17.7 Å². The maximum absolute atomic E-state index is 12.9. The van der Waals surface area contributed by atoms with E-state index in [1.807, 2.05) is 6.07 Å². The van der Waals surface area contributed by atoms with Gasteiger partial charge in [0.25, 0.3) is 0 Å². The fourth-order valence-electron chi connectivity index (χ4n) is 1.16. The number of rotatable bonds is 2. The second-order valence-electron chi connectivity index (χ2n) is 3.03. The average Bonchev–Trinajstić information content (AvgIpc) is 2.30. The monoisotopic (exact) mass is 214 g/mol. The van der Waals surface area contributed by atoms with E-state index in [2.05, 4.69) is 15.3 Å². The molecule has 0 aliphatic carbocycles. The van der Waals surface area contributed by atoms with Crippen molar-refractivity contribution in [2.24, 2.45) is 0 Å². The van der Waals surface area contributed by atoms with Gasteiger partial charge in [-0.2, -0.15) is 5.26 Å². The van der Waals surface area contributed by atoms with Gasteiger partial charge in [-0.15, -0.1) is 0 Å². The number of hydrogen-bond acceptors (Lipinski definition) is 4. The predicted octanol–water partition coefficient (Wildman–Crippen LogP) is 2.23. The number of halogens is 1. The van der Waals surface area contributed by atoms with Crippen molar-refractivity contribution in [2.45, 2.75) is 0 Å². The van der Waals surface area contributed by atoms with Crippen molar-refractivity contribution < 1.29 is 4.39 Å². The van der Waals surface area contributed by atoms with Gasteiger partial charge in [0.2, 0.25) is 0 Å². The Labute approximate surface area is 91.4 Å². The molecule has 5 heteroatoms. The molecule has 0 saturated carbocycles. The number of aromatic nitrogens is 2. The minimum absolute atomic E-state index is 0.241. The van der Waals surface area contributed by atoms with Gasteiger partial charge >= 0.3 is 0 Å². The van der Waals surface area contributed by atoms with Gasteiger partial charge in [-0.1, -0.05) is 6.07 Å². The summed E-state index contributed by atoms with van der Waals surface area (Å²) in [5.74, 6) is 0.135. The Morgan fingerprint density at radius 1 is 1.25 bits per heavy atom. The number of nitrogens with one attached hydrogen (secondary N) is 1. The van der Waals surface area contributed by atoms with Crippen LogP contribution in [0.15, 0.2) is 36.7 Å². The third-order valence-corrected chi connectivity index (χ3v) is 1.86. The molecule has 0 spiro atoms. The lowest BCUT2D eigenvalue weighted by Crippen LogP contribution is -1.95. The third kappa shape index (κ3) is 2.30. The van der Waals surface area contributed by atoms with E-state index in [9.17, 15) is 4.39 Å². The zero-order valence-corrected chi connectivity index (χ0v) is 8.18. The third-order valence-electron chi connectivity index (χ3n) is 1.86. The number of anilines is 2. The molecule has 0 amide bonds. The zero-order chi connectivity index (χ0) is 11.4. The molecule has 0 aliphatic heterocycles. The summed E-state index contributed by atoms with van der Waals surface area (Å²) in [5.41, 5.74) is 0.823. The van der Waals surface area contributed by atoms with Crippen molar-refractivity contribution in [3.05, 3.63) is 48.2 Å². The smallest absolute Gasteiger partial charge is 0.158 e. The molecular formula is C11H7FN4. The number of nitrogens with zero attached hydrogens (tertiary/aromatic N) is 3. The highest BCUT2D eigenvalue weighted by molar-refractivity contribution is 5.55. The molecule has 2 rings (SSSR count). The highest BCUT2D eigenvalue weighted by atomic mass is 19.1. The molecule has 1 aromatic carbocycles. The Balaban J connectivity index is 2.18. The van der Waals surface area contributed by atoms with E-state index in [-0.39, 0.29) is 11.5 Å². The lowest BCUT2D eigenvalue weighted by atomic mass is 10.3. The summed E-state index contributed by atoms with van der Waals surface area (Å²) in [6, 6.07) is 7.87. The van der Waals surface area contributed by atoms with E-state index >= 15 is 0 Å². The molecule has 0 aliphatic rings. The average molecular weight is 214 g/mol. The molecule has 1 heterocycles. The summed E-state index contributed by atoms with van der Waals surface area (Å²) in [6.07, 6.45) is 2.77. The van der Waals surface area contributed by atoms with Crippen LogP contribution in [0.4, 0.5) is 15.9 Å². The van der Waals surface area contributed by atoms with Crippen LogP contribution in [0.1, 0.15) is 5.69 Å². The van der Waals surface area contributed by atoms with Crippen LogP contribution < -0.4 is 5.32 Å². The highest BCUT2D eigenvalue weighted by Crippen LogP contribution is 2.14. The van der Waals surface area contributed by atoms with Crippen molar-refractivity contribution in [3.8, 4) is 6.07 Å². The van der Waals surface area contributed by atoms with Crippen molar-refractivity contribution in [1.29, 1.82) is 5.26 Å². The van der Waals surface area contributed by atoms with Crippen molar-refractivity contribution >= 4 is 11.5 Å². The topological polar surface area (TPSA) is 61.6 Å². The minimum Gasteiger partial charge on any atom is -0.339 e. The molecular weight excluding hydrogens is 207 g/mol. The van der Waals surface area contributed by atoms with Crippen LogP contribution in [-0.4, -0.2) is 9.97 Å². The molecule has 0 bridgehead atoms. The Hall–Kier alpha value is -2.48. The van der Waals surface area contributed by atoms with Crippen LogP contribution in [-0.2, 0) is 0 Å². The fraction of sp³-hybridized carbons (Fsp3) is 0. The summed E-state index contributed by atoms with van der Waals surface area (Å²) in [4.78, 5) is 7.79. The van der Waals surface area contributed by atoms with Crippen LogP contribution >= 0.6 is 0 Å². The van der Waals surface area contributed by atoms with Gasteiger partial charge in [-0.25, -0.2) is 14.4 Å². The van der Waals surface area contributed by atoms with Gasteiger partial charge in [0.15, 0.2) is 5.69 Å². The number of nitriles is 1. The molecule has 16 heavy (non-hydrogen) atoms. The molecule has 2 aromatic rings. The minimum atomic E-state index is -0.327. The second kappa shape index (κ2) is 4.36. The van der Waals surface area contributed by atoms with Crippen LogP contribution in [0, 0.1) is 17.1 Å². The van der Waals surface area contributed by atoms with Crippen LogP contribution in [0.3, 0.4) is 0 Å². The maximum Gasteiger partial charge on any atom is 0.158 e. The van der Waals surface area contributed by atoms with E-state index in [1.165, 1.54) is 24.5 Å². The van der Waals surface area contributed by atoms with Gasteiger partial charge in [-0.3, -0.25) is 0 Å². The van der Waals surface area contributed by atoms with E-state index in [0.717, 1.165) is 0 Å². The van der Waals surface area contributed by atoms with Crippen LogP contribution in [0.5, 0.6) is 0 Å². The first-order valence-corrected chi connectivity index (χ1v) is 4.52. The van der Waals surface area contributed by atoms with Crippen molar-refractivity contribution in [3.63, 3.8) is 0 Å². The Bertz CT molecular complexity index is 530. The molecule has 4 nitrogen and oxygen atoms in total. The first kappa shape index (κ1) is 10.1. The van der Waals surface area contributed by atoms with Gasteiger partial charge < -0.3 is 5.32 Å². The van der Waals surface area contributed by atoms with Gasteiger partial charge in [-0.05, 0) is 18.2 Å². The quantitative estimate of drug-likeness (QED) is 0.832. The summed E-state index contributed by atoms with van der Waals surface area (Å²) < 4.78 is 12.9. The summed E-state index contributed by atoms with van der Waals surface area (Å²) in [6.45, 7) is 0.